The molecule has 24 heavy (non-hydrogen) atoms. The second-order valence-electron chi connectivity index (χ2n) is 6.43. The summed E-state index contributed by atoms with van der Waals surface area (Å²) in [5.41, 5.74) is 6.65. The lowest BCUT2D eigenvalue weighted by molar-refractivity contribution is -0.138. The number of para-hydroxylation sites is 1. The molecule has 1 saturated heterocycles. The Hall–Kier alpha value is -1.30. The van der Waals surface area contributed by atoms with Gasteiger partial charge in [0.2, 0.25) is 11.8 Å². The van der Waals surface area contributed by atoms with Crippen LogP contribution in [0.15, 0.2) is 24.3 Å². The molecule has 0 spiro atoms. The third-order valence-corrected chi connectivity index (χ3v) is 4.50. The Labute approximate surface area is 154 Å². The third-order valence-electron chi connectivity index (χ3n) is 4.18. The number of hydrogen-bond donors (Lipinski definition) is 1. The Morgan fingerprint density at radius 1 is 1.42 bits per heavy atom. The Balaban J connectivity index is 0.00000288. The smallest absolute Gasteiger partial charge is 0.249 e. The van der Waals surface area contributed by atoms with Gasteiger partial charge < -0.3 is 15.5 Å². The second-order valence-corrected chi connectivity index (χ2v) is 6.84. The molecule has 0 radical (unpaired) electrons. The van der Waals surface area contributed by atoms with Gasteiger partial charge in [-0.2, -0.15) is 0 Å². The summed E-state index contributed by atoms with van der Waals surface area (Å²) in [5.74, 6) is 0.0463. The van der Waals surface area contributed by atoms with E-state index in [0.717, 1.165) is 0 Å². The van der Waals surface area contributed by atoms with Crippen LogP contribution in [0, 0.1) is 5.92 Å². The van der Waals surface area contributed by atoms with E-state index in [4.69, 9.17) is 17.3 Å². The van der Waals surface area contributed by atoms with E-state index in [9.17, 15) is 9.59 Å². The largest absolute Gasteiger partial charge is 0.332 e. The Morgan fingerprint density at radius 3 is 2.62 bits per heavy atom. The van der Waals surface area contributed by atoms with Gasteiger partial charge in [-0.3, -0.25) is 9.59 Å². The summed E-state index contributed by atoms with van der Waals surface area (Å²) >= 11 is 6.17. The molecule has 1 aromatic rings. The lowest BCUT2D eigenvalue weighted by Crippen LogP contribution is -2.49. The highest BCUT2D eigenvalue weighted by atomic mass is 35.5. The molecule has 2 atom stereocenters. The number of nitrogens with zero attached hydrogens (tertiary/aromatic N) is 2. The third kappa shape index (κ3) is 4.41. The zero-order chi connectivity index (χ0) is 17.1. The second kappa shape index (κ2) is 8.70. The maximum Gasteiger partial charge on any atom is 0.249 e. The minimum absolute atomic E-state index is 0. The van der Waals surface area contributed by atoms with Crippen LogP contribution in [0.25, 0.3) is 0 Å². The van der Waals surface area contributed by atoms with Crippen LogP contribution in [0.5, 0.6) is 0 Å². The molecule has 2 amide bonds. The lowest BCUT2D eigenvalue weighted by Gasteiger charge is -2.27. The summed E-state index contributed by atoms with van der Waals surface area (Å²) in [5, 5.41) is 0.534. The fourth-order valence-electron chi connectivity index (χ4n) is 2.96. The molecule has 0 bridgehead atoms. The summed E-state index contributed by atoms with van der Waals surface area (Å²) in [6, 6.07) is 6.19. The first-order chi connectivity index (χ1) is 10.8. The van der Waals surface area contributed by atoms with Crippen LogP contribution in [0.2, 0.25) is 5.02 Å². The van der Waals surface area contributed by atoms with Gasteiger partial charge in [0.05, 0.1) is 16.8 Å². The summed E-state index contributed by atoms with van der Waals surface area (Å²) in [6.45, 7) is 4.59. The number of carbonyl (C=O) groups excluding carboxylic acids is 2. The minimum Gasteiger partial charge on any atom is -0.332 e. The summed E-state index contributed by atoms with van der Waals surface area (Å²) in [7, 11) is 1.65. The van der Waals surface area contributed by atoms with Crippen LogP contribution in [-0.2, 0) is 9.59 Å². The first kappa shape index (κ1) is 20.7. The van der Waals surface area contributed by atoms with Gasteiger partial charge in [0.25, 0.3) is 0 Å². The molecule has 2 N–H and O–H groups in total. The maximum atomic E-state index is 12.7. The number of benzene rings is 1. The van der Waals surface area contributed by atoms with Crippen molar-refractivity contribution in [3.63, 3.8) is 0 Å². The maximum absolute atomic E-state index is 12.7. The number of amides is 2. The number of carbonyl (C=O) groups is 2. The highest BCUT2D eigenvalue weighted by molar-refractivity contribution is 6.34. The van der Waals surface area contributed by atoms with Gasteiger partial charge in [0.15, 0.2) is 0 Å². The van der Waals surface area contributed by atoms with Crippen LogP contribution in [0.4, 0.5) is 5.69 Å². The number of nitrogens with two attached hydrogens (primary N) is 1. The van der Waals surface area contributed by atoms with Crippen molar-refractivity contribution in [1.29, 1.82) is 0 Å². The molecular weight excluding hydrogens is 349 g/mol. The number of hydrogen-bond acceptors (Lipinski definition) is 3. The molecule has 1 heterocycles. The molecule has 1 aliphatic rings. The quantitative estimate of drug-likeness (QED) is 0.862. The Bertz CT molecular complexity index is 595. The molecule has 7 heteroatoms. The van der Waals surface area contributed by atoms with Crippen molar-refractivity contribution in [2.24, 2.45) is 11.7 Å². The van der Waals surface area contributed by atoms with E-state index in [1.165, 1.54) is 4.90 Å². The number of likely N-dealkylation sites (N-methyl/N-ethyl adjacent to an activating group) is 1. The minimum atomic E-state index is -0.567. The van der Waals surface area contributed by atoms with Crippen LogP contribution >= 0.6 is 24.0 Å². The van der Waals surface area contributed by atoms with Crippen molar-refractivity contribution < 1.29 is 9.59 Å². The van der Waals surface area contributed by atoms with Gasteiger partial charge >= 0.3 is 0 Å². The molecule has 1 aromatic carbocycles. The fourth-order valence-corrected chi connectivity index (χ4v) is 3.20. The standard InChI is InChI=1S/C17H24ClN3O2.ClH/c1-11(2)10-13(19)16(22)20(3)15-8-9-21(17(15)23)14-7-5-4-6-12(14)18;/h4-7,11,13,15H,8-10,19H2,1-3H3;1H/t13-,15?;/m0./s1. The molecule has 2 rings (SSSR count). The predicted octanol–water partition coefficient (Wildman–Crippen LogP) is 2.70. The van der Waals surface area contributed by atoms with E-state index in [0.29, 0.717) is 36.0 Å². The van der Waals surface area contributed by atoms with Gasteiger partial charge in [0, 0.05) is 13.6 Å². The first-order valence-electron chi connectivity index (χ1n) is 7.91. The van der Waals surface area contributed by atoms with Crippen molar-refractivity contribution in [2.75, 3.05) is 18.5 Å². The van der Waals surface area contributed by atoms with Crippen LogP contribution < -0.4 is 10.6 Å². The van der Waals surface area contributed by atoms with Crippen LogP contribution in [0.1, 0.15) is 26.7 Å². The van der Waals surface area contributed by atoms with Gasteiger partial charge in [-0.15, -0.1) is 12.4 Å². The van der Waals surface area contributed by atoms with Crippen LogP contribution in [0.3, 0.4) is 0 Å². The number of halogens is 2. The van der Waals surface area contributed by atoms with Gasteiger partial charge in [-0.05, 0) is 30.9 Å². The van der Waals surface area contributed by atoms with E-state index >= 15 is 0 Å². The average Bonchev–Trinajstić information content (AvgIpc) is 2.87. The molecular formula is C17H25Cl2N3O2. The topological polar surface area (TPSA) is 66.6 Å². The molecule has 134 valence electrons. The van der Waals surface area contributed by atoms with Gasteiger partial charge in [-0.25, -0.2) is 0 Å². The summed E-state index contributed by atoms with van der Waals surface area (Å²) in [6.07, 6.45) is 1.19. The van der Waals surface area contributed by atoms with Crippen molar-refractivity contribution in [3.8, 4) is 0 Å². The molecule has 5 nitrogen and oxygen atoms in total. The zero-order valence-electron chi connectivity index (χ0n) is 14.2. The van der Waals surface area contributed by atoms with Crippen LogP contribution in [-0.4, -0.2) is 42.4 Å². The Kier molecular flexibility index (Phi) is 7.52. The number of rotatable bonds is 5. The van der Waals surface area contributed by atoms with Crippen molar-refractivity contribution in [3.05, 3.63) is 29.3 Å². The first-order valence-corrected chi connectivity index (χ1v) is 8.29. The van der Waals surface area contributed by atoms with Gasteiger partial charge in [0.1, 0.15) is 6.04 Å². The van der Waals surface area contributed by atoms with Gasteiger partial charge in [-0.1, -0.05) is 37.6 Å². The zero-order valence-corrected chi connectivity index (χ0v) is 15.8. The predicted molar refractivity (Wildman–Crippen MR) is 99.7 cm³/mol. The lowest BCUT2D eigenvalue weighted by atomic mass is 10.0. The monoisotopic (exact) mass is 373 g/mol. The molecule has 0 aliphatic carbocycles. The SMILES string of the molecule is CC(C)C[C@H](N)C(=O)N(C)C1CCN(c2ccccc2Cl)C1=O.Cl. The normalized spacial score (nSPS) is 18.5. The summed E-state index contributed by atoms with van der Waals surface area (Å²) in [4.78, 5) is 28.2. The van der Waals surface area contributed by atoms with Crippen molar-refractivity contribution >= 4 is 41.5 Å². The average molecular weight is 374 g/mol. The van der Waals surface area contributed by atoms with Crippen molar-refractivity contribution in [2.45, 2.75) is 38.8 Å². The number of anilines is 1. The summed E-state index contributed by atoms with van der Waals surface area (Å²) < 4.78 is 0. The highest BCUT2D eigenvalue weighted by Gasteiger charge is 2.38. The molecule has 1 aliphatic heterocycles. The van der Waals surface area contributed by atoms with E-state index in [-0.39, 0.29) is 24.2 Å². The van der Waals surface area contributed by atoms with E-state index in [2.05, 4.69) is 0 Å². The molecule has 0 aromatic heterocycles. The van der Waals surface area contributed by atoms with E-state index in [1.54, 1.807) is 18.0 Å². The van der Waals surface area contributed by atoms with Crippen molar-refractivity contribution in [1.82, 2.24) is 4.90 Å². The van der Waals surface area contributed by atoms with E-state index in [1.807, 2.05) is 32.0 Å². The highest BCUT2D eigenvalue weighted by Crippen LogP contribution is 2.30. The molecule has 1 unspecified atom stereocenters. The fraction of sp³-hybridized carbons (Fsp3) is 0.529. The molecule has 0 saturated carbocycles. The molecule has 1 fully saturated rings. The van der Waals surface area contributed by atoms with E-state index < -0.39 is 12.1 Å². The Morgan fingerprint density at radius 2 is 2.04 bits per heavy atom.